The van der Waals surface area contributed by atoms with Crippen LogP contribution in [0.5, 0.6) is 0 Å². The first kappa shape index (κ1) is 21.5. The quantitative estimate of drug-likeness (QED) is 0.560. The van der Waals surface area contributed by atoms with Gasteiger partial charge in [0.05, 0.1) is 0 Å². The molecule has 1 aliphatic rings. The number of carbonyl (C=O) groups is 1. The van der Waals surface area contributed by atoms with Crippen LogP contribution in [0, 0.1) is 6.92 Å². The molecule has 1 saturated heterocycles. The van der Waals surface area contributed by atoms with E-state index in [4.69, 9.17) is 4.74 Å². The molecule has 4 rings (SSSR count). The monoisotopic (exact) mass is 480 g/mol. The van der Waals surface area contributed by atoms with Gasteiger partial charge in [-0.1, -0.05) is 51.8 Å². The number of ether oxygens (including phenoxy) is 1. The molecule has 1 aromatic heterocycles. The SMILES string of the molecule is Cc1cccc(-c2ccc(C(=O)NCC3(c4cccc(Br)c4)CCOCC3)c(=O)[nH]2)c1. The van der Waals surface area contributed by atoms with Gasteiger partial charge in [-0.2, -0.15) is 0 Å². The molecular weight excluding hydrogens is 456 g/mol. The third kappa shape index (κ3) is 4.81. The maximum atomic E-state index is 12.9. The number of aromatic amines is 1. The Labute approximate surface area is 190 Å². The van der Waals surface area contributed by atoms with Crippen LogP contribution in [0.2, 0.25) is 0 Å². The minimum absolute atomic E-state index is 0.118. The zero-order valence-corrected chi connectivity index (χ0v) is 19.0. The summed E-state index contributed by atoms with van der Waals surface area (Å²) in [5, 5.41) is 3.01. The zero-order chi connectivity index (χ0) is 21.8. The molecule has 0 atom stereocenters. The number of aryl methyl sites for hydroxylation is 1. The summed E-state index contributed by atoms with van der Waals surface area (Å²) < 4.78 is 6.58. The summed E-state index contributed by atoms with van der Waals surface area (Å²) in [6, 6.07) is 19.4. The molecule has 3 aromatic rings. The minimum Gasteiger partial charge on any atom is -0.381 e. The summed E-state index contributed by atoms with van der Waals surface area (Å²) in [6.07, 6.45) is 1.62. The van der Waals surface area contributed by atoms with E-state index in [1.54, 1.807) is 12.1 Å². The lowest BCUT2D eigenvalue weighted by molar-refractivity contribution is 0.0487. The van der Waals surface area contributed by atoms with Crippen molar-refractivity contribution in [3.63, 3.8) is 0 Å². The molecule has 2 N–H and O–H groups in total. The molecule has 0 aliphatic carbocycles. The number of carbonyl (C=O) groups excluding carboxylic acids is 1. The van der Waals surface area contributed by atoms with Gasteiger partial charge >= 0.3 is 0 Å². The topological polar surface area (TPSA) is 71.2 Å². The number of rotatable bonds is 5. The van der Waals surface area contributed by atoms with Crippen molar-refractivity contribution < 1.29 is 9.53 Å². The molecule has 1 amide bonds. The fourth-order valence-corrected chi connectivity index (χ4v) is 4.53. The van der Waals surface area contributed by atoms with Crippen molar-refractivity contribution in [1.82, 2.24) is 10.3 Å². The molecule has 0 radical (unpaired) electrons. The molecule has 2 aromatic carbocycles. The minimum atomic E-state index is -0.389. The molecule has 160 valence electrons. The van der Waals surface area contributed by atoms with Gasteiger partial charge in [0.15, 0.2) is 0 Å². The van der Waals surface area contributed by atoms with Gasteiger partial charge in [0.2, 0.25) is 0 Å². The number of H-pyrrole nitrogens is 1. The molecule has 1 fully saturated rings. The molecule has 5 nitrogen and oxygen atoms in total. The average Bonchev–Trinajstić information content (AvgIpc) is 2.78. The standard InChI is InChI=1S/C25H25BrN2O3/c1-17-4-2-5-18(14-17)22-9-8-21(24(30)28-22)23(29)27-16-25(10-12-31-13-11-25)19-6-3-7-20(26)15-19/h2-9,14-15H,10-13,16H2,1H3,(H,27,29)(H,28,30). The van der Waals surface area contributed by atoms with E-state index in [1.165, 1.54) is 0 Å². The fraction of sp³-hybridized carbons (Fsp3) is 0.280. The Bertz CT molecular complexity index is 1150. The lowest BCUT2D eigenvalue weighted by Gasteiger charge is -2.38. The second kappa shape index (κ2) is 9.20. The molecule has 1 aliphatic heterocycles. The number of hydrogen-bond acceptors (Lipinski definition) is 3. The highest BCUT2D eigenvalue weighted by Gasteiger charge is 2.35. The first-order valence-corrected chi connectivity index (χ1v) is 11.2. The summed E-state index contributed by atoms with van der Waals surface area (Å²) >= 11 is 3.55. The number of pyridine rings is 1. The van der Waals surface area contributed by atoms with Crippen LogP contribution >= 0.6 is 15.9 Å². The van der Waals surface area contributed by atoms with E-state index in [2.05, 4.69) is 38.4 Å². The molecule has 0 unspecified atom stereocenters. The summed E-state index contributed by atoms with van der Waals surface area (Å²) in [6.45, 7) is 3.74. The molecule has 2 heterocycles. The molecular formula is C25H25BrN2O3. The van der Waals surface area contributed by atoms with Crippen LogP contribution in [0.15, 0.2) is 69.9 Å². The molecule has 0 bridgehead atoms. The maximum Gasteiger partial charge on any atom is 0.261 e. The van der Waals surface area contributed by atoms with E-state index in [9.17, 15) is 9.59 Å². The second-order valence-corrected chi connectivity index (χ2v) is 8.99. The van der Waals surface area contributed by atoms with Crippen molar-refractivity contribution in [3.8, 4) is 11.3 Å². The molecule has 0 spiro atoms. The van der Waals surface area contributed by atoms with Gasteiger partial charge in [-0.15, -0.1) is 0 Å². The number of amides is 1. The van der Waals surface area contributed by atoms with Gasteiger partial charge in [-0.3, -0.25) is 9.59 Å². The van der Waals surface area contributed by atoms with Crippen LogP contribution in [0.25, 0.3) is 11.3 Å². The van der Waals surface area contributed by atoms with Gasteiger partial charge < -0.3 is 15.0 Å². The number of aromatic nitrogens is 1. The van der Waals surface area contributed by atoms with Crippen LogP contribution in [-0.4, -0.2) is 30.6 Å². The molecule has 31 heavy (non-hydrogen) atoms. The van der Waals surface area contributed by atoms with Crippen molar-refractivity contribution in [2.24, 2.45) is 0 Å². The Morgan fingerprint density at radius 3 is 2.58 bits per heavy atom. The number of nitrogens with one attached hydrogen (secondary N) is 2. The van der Waals surface area contributed by atoms with Gasteiger partial charge in [0, 0.05) is 35.3 Å². The van der Waals surface area contributed by atoms with Gasteiger partial charge in [-0.05, 0) is 61.2 Å². The van der Waals surface area contributed by atoms with E-state index in [0.717, 1.165) is 34.0 Å². The third-order valence-corrected chi connectivity index (χ3v) is 6.45. The van der Waals surface area contributed by atoms with Crippen molar-refractivity contribution in [2.45, 2.75) is 25.2 Å². The van der Waals surface area contributed by atoms with Gasteiger partial charge in [0.25, 0.3) is 11.5 Å². The van der Waals surface area contributed by atoms with Gasteiger partial charge in [0.1, 0.15) is 5.56 Å². The number of benzene rings is 2. The highest BCUT2D eigenvalue weighted by atomic mass is 79.9. The largest absolute Gasteiger partial charge is 0.381 e. The lowest BCUT2D eigenvalue weighted by Crippen LogP contribution is -2.45. The Balaban J connectivity index is 1.54. The number of halogens is 1. The van der Waals surface area contributed by atoms with Crippen LogP contribution in [0.3, 0.4) is 0 Å². The van der Waals surface area contributed by atoms with Crippen LogP contribution < -0.4 is 10.9 Å². The summed E-state index contributed by atoms with van der Waals surface area (Å²) in [5.41, 5.74) is 3.39. The van der Waals surface area contributed by atoms with Crippen molar-refractivity contribution >= 4 is 21.8 Å². The smallest absolute Gasteiger partial charge is 0.261 e. The third-order valence-electron chi connectivity index (χ3n) is 5.96. The summed E-state index contributed by atoms with van der Waals surface area (Å²) in [5.74, 6) is -0.363. The predicted octanol–water partition coefficient (Wildman–Crippen LogP) is 4.59. The van der Waals surface area contributed by atoms with E-state index >= 15 is 0 Å². The predicted molar refractivity (Wildman–Crippen MR) is 125 cm³/mol. The molecule has 0 saturated carbocycles. The van der Waals surface area contributed by atoms with Crippen LogP contribution in [0.4, 0.5) is 0 Å². The van der Waals surface area contributed by atoms with Crippen LogP contribution in [-0.2, 0) is 10.2 Å². The molecule has 6 heteroatoms. The van der Waals surface area contributed by atoms with E-state index in [1.807, 2.05) is 43.3 Å². The van der Waals surface area contributed by atoms with Crippen molar-refractivity contribution in [1.29, 1.82) is 0 Å². The van der Waals surface area contributed by atoms with E-state index in [0.29, 0.717) is 25.5 Å². The first-order chi connectivity index (χ1) is 15.0. The van der Waals surface area contributed by atoms with E-state index in [-0.39, 0.29) is 22.4 Å². The van der Waals surface area contributed by atoms with Gasteiger partial charge in [-0.25, -0.2) is 0 Å². The number of hydrogen-bond donors (Lipinski definition) is 2. The fourth-order valence-electron chi connectivity index (χ4n) is 4.13. The Kier molecular flexibility index (Phi) is 6.39. The maximum absolute atomic E-state index is 12.9. The zero-order valence-electron chi connectivity index (χ0n) is 17.4. The summed E-state index contributed by atoms with van der Waals surface area (Å²) in [4.78, 5) is 28.4. The normalized spacial score (nSPS) is 15.4. The van der Waals surface area contributed by atoms with Crippen molar-refractivity contribution in [2.75, 3.05) is 19.8 Å². The Morgan fingerprint density at radius 2 is 1.87 bits per heavy atom. The first-order valence-electron chi connectivity index (χ1n) is 10.4. The second-order valence-electron chi connectivity index (χ2n) is 8.07. The van der Waals surface area contributed by atoms with Crippen molar-refractivity contribution in [3.05, 3.63) is 92.2 Å². The van der Waals surface area contributed by atoms with Crippen LogP contribution in [0.1, 0.15) is 34.3 Å². The van der Waals surface area contributed by atoms with E-state index < -0.39 is 0 Å². The highest BCUT2D eigenvalue weighted by molar-refractivity contribution is 9.10. The summed E-state index contributed by atoms with van der Waals surface area (Å²) in [7, 11) is 0. The Hall–Kier alpha value is -2.70. The lowest BCUT2D eigenvalue weighted by atomic mass is 9.74. The average molecular weight is 481 g/mol. The highest BCUT2D eigenvalue weighted by Crippen LogP contribution is 2.35. The Morgan fingerprint density at radius 1 is 1.10 bits per heavy atom.